The maximum atomic E-state index is 12.9. The van der Waals surface area contributed by atoms with E-state index in [1.54, 1.807) is 11.8 Å². The second-order valence-corrected chi connectivity index (χ2v) is 8.95. The lowest BCUT2D eigenvalue weighted by atomic mass is 10.1. The average molecular weight is 356 g/mol. The molecule has 0 N–H and O–H groups in total. The Kier molecular flexibility index (Phi) is 4.96. The smallest absolute Gasteiger partial charge is 0.227 e. The fourth-order valence-corrected chi connectivity index (χ4v) is 5.22. The van der Waals surface area contributed by atoms with Gasteiger partial charge in [0.2, 0.25) is 5.91 Å². The van der Waals surface area contributed by atoms with Crippen LogP contribution in [0.15, 0.2) is 4.52 Å². The molecule has 8 heteroatoms. The Hall–Kier alpha value is -1.41. The molecule has 24 heavy (non-hydrogen) atoms. The second-order valence-electron chi connectivity index (χ2n) is 6.72. The van der Waals surface area contributed by atoms with Gasteiger partial charge in [0.15, 0.2) is 9.84 Å². The zero-order valence-electron chi connectivity index (χ0n) is 14.2. The van der Waals surface area contributed by atoms with Crippen LogP contribution < -0.4 is 0 Å². The number of ether oxygens (including phenoxy) is 1. The largest absolute Gasteiger partial charge is 0.376 e. The summed E-state index contributed by atoms with van der Waals surface area (Å²) in [5, 5.41) is 3.89. The number of amides is 1. The highest BCUT2D eigenvalue weighted by molar-refractivity contribution is 7.91. The van der Waals surface area contributed by atoms with Crippen molar-refractivity contribution in [2.24, 2.45) is 0 Å². The van der Waals surface area contributed by atoms with Crippen LogP contribution in [0.4, 0.5) is 0 Å². The van der Waals surface area contributed by atoms with Gasteiger partial charge in [-0.05, 0) is 33.1 Å². The topological polar surface area (TPSA) is 89.7 Å². The average Bonchev–Trinajstić information content (AvgIpc) is 3.22. The SMILES string of the molecule is Cc1noc(C)c1CC(=O)N(C[C@H]1CCCO1)[C@H]1CCS(=O)(=O)C1. The van der Waals surface area contributed by atoms with Gasteiger partial charge in [0.05, 0.1) is 29.7 Å². The molecule has 0 radical (unpaired) electrons. The quantitative estimate of drug-likeness (QED) is 0.783. The van der Waals surface area contributed by atoms with Gasteiger partial charge in [-0.1, -0.05) is 5.16 Å². The molecule has 0 bridgehead atoms. The maximum Gasteiger partial charge on any atom is 0.227 e. The first-order chi connectivity index (χ1) is 11.4. The van der Waals surface area contributed by atoms with E-state index >= 15 is 0 Å². The fraction of sp³-hybridized carbons (Fsp3) is 0.750. The molecule has 2 aliphatic rings. The summed E-state index contributed by atoms with van der Waals surface area (Å²) in [5.41, 5.74) is 1.50. The minimum atomic E-state index is -3.05. The molecular weight excluding hydrogens is 332 g/mol. The van der Waals surface area contributed by atoms with Crippen molar-refractivity contribution < 1.29 is 22.5 Å². The normalized spacial score (nSPS) is 25.9. The van der Waals surface area contributed by atoms with Crippen molar-refractivity contribution in [2.45, 2.75) is 51.7 Å². The van der Waals surface area contributed by atoms with Crippen LogP contribution in [0.2, 0.25) is 0 Å². The van der Waals surface area contributed by atoms with E-state index in [1.165, 1.54) is 0 Å². The molecule has 2 atom stereocenters. The van der Waals surface area contributed by atoms with Gasteiger partial charge >= 0.3 is 0 Å². The Labute approximate surface area is 142 Å². The van der Waals surface area contributed by atoms with Crippen molar-refractivity contribution in [1.29, 1.82) is 0 Å². The Morgan fingerprint density at radius 1 is 1.33 bits per heavy atom. The first-order valence-electron chi connectivity index (χ1n) is 8.39. The molecule has 0 spiro atoms. The number of hydrogen-bond donors (Lipinski definition) is 0. The van der Waals surface area contributed by atoms with E-state index in [-0.39, 0.29) is 36.0 Å². The van der Waals surface area contributed by atoms with E-state index in [0.717, 1.165) is 18.4 Å². The van der Waals surface area contributed by atoms with Crippen LogP contribution in [-0.4, -0.2) is 61.2 Å². The summed E-state index contributed by atoms with van der Waals surface area (Å²) in [6, 6.07) is -0.257. The van der Waals surface area contributed by atoms with Gasteiger partial charge in [-0.25, -0.2) is 8.42 Å². The number of nitrogens with zero attached hydrogens (tertiary/aromatic N) is 2. The highest BCUT2D eigenvalue weighted by Gasteiger charge is 2.36. The van der Waals surface area contributed by atoms with E-state index in [0.29, 0.717) is 31.0 Å². The van der Waals surface area contributed by atoms with E-state index in [9.17, 15) is 13.2 Å². The Morgan fingerprint density at radius 2 is 2.12 bits per heavy atom. The van der Waals surface area contributed by atoms with Crippen LogP contribution in [-0.2, 0) is 25.8 Å². The Bertz CT molecular complexity index is 687. The van der Waals surface area contributed by atoms with Crippen LogP contribution in [0.1, 0.15) is 36.3 Å². The van der Waals surface area contributed by atoms with E-state index < -0.39 is 9.84 Å². The molecule has 2 fully saturated rings. The molecule has 7 nitrogen and oxygen atoms in total. The minimum absolute atomic E-state index is 0.00178. The van der Waals surface area contributed by atoms with Gasteiger partial charge in [-0.15, -0.1) is 0 Å². The second kappa shape index (κ2) is 6.84. The van der Waals surface area contributed by atoms with Crippen molar-refractivity contribution in [3.05, 3.63) is 17.0 Å². The van der Waals surface area contributed by atoms with Crippen LogP contribution in [0.5, 0.6) is 0 Å². The van der Waals surface area contributed by atoms with Gasteiger partial charge < -0.3 is 14.2 Å². The Balaban J connectivity index is 1.76. The van der Waals surface area contributed by atoms with E-state index in [1.807, 2.05) is 6.92 Å². The number of rotatable bonds is 5. The molecule has 0 aliphatic carbocycles. The molecular formula is C16H24N2O5S. The third-order valence-electron chi connectivity index (χ3n) is 4.90. The summed E-state index contributed by atoms with van der Waals surface area (Å²) >= 11 is 0. The standard InChI is InChI=1S/C16H24N2O5S/c1-11-15(12(2)23-17-11)8-16(19)18(9-14-4-3-6-22-14)13-5-7-24(20,21)10-13/h13-14H,3-10H2,1-2H3/t13-,14+/m0/s1. The lowest BCUT2D eigenvalue weighted by Crippen LogP contribution is -2.46. The van der Waals surface area contributed by atoms with E-state index in [2.05, 4.69) is 5.16 Å². The lowest BCUT2D eigenvalue weighted by molar-refractivity contribution is -0.134. The molecule has 3 rings (SSSR count). The number of hydrogen-bond acceptors (Lipinski definition) is 6. The van der Waals surface area contributed by atoms with Crippen LogP contribution in [0, 0.1) is 13.8 Å². The maximum absolute atomic E-state index is 12.9. The van der Waals surface area contributed by atoms with Crippen molar-refractivity contribution in [3.63, 3.8) is 0 Å². The lowest BCUT2D eigenvalue weighted by Gasteiger charge is -2.30. The molecule has 1 aromatic heterocycles. The monoisotopic (exact) mass is 356 g/mol. The summed E-state index contributed by atoms with van der Waals surface area (Å²) < 4.78 is 34.5. The summed E-state index contributed by atoms with van der Waals surface area (Å²) in [7, 11) is -3.05. The van der Waals surface area contributed by atoms with Gasteiger partial charge in [0.25, 0.3) is 0 Å². The summed E-state index contributed by atoms with van der Waals surface area (Å²) in [4.78, 5) is 14.6. The molecule has 3 heterocycles. The van der Waals surface area contributed by atoms with Crippen molar-refractivity contribution in [2.75, 3.05) is 24.7 Å². The van der Waals surface area contributed by atoms with Crippen molar-refractivity contribution in [3.8, 4) is 0 Å². The molecule has 2 saturated heterocycles. The molecule has 2 aliphatic heterocycles. The highest BCUT2D eigenvalue weighted by atomic mass is 32.2. The predicted octanol–water partition coefficient (Wildman–Crippen LogP) is 1.03. The molecule has 0 saturated carbocycles. The minimum Gasteiger partial charge on any atom is -0.376 e. The molecule has 1 aromatic rings. The van der Waals surface area contributed by atoms with Crippen molar-refractivity contribution >= 4 is 15.7 Å². The van der Waals surface area contributed by atoms with Crippen LogP contribution >= 0.6 is 0 Å². The third-order valence-corrected chi connectivity index (χ3v) is 6.65. The molecule has 1 amide bonds. The predicted molar refractivity (Wildman–Crippen MR) is 87.4 cm³/mol. The van der Waals surface area contributed by atoms with Gasteiger partial charge in [-0.2, -0.15) is 0 Å². The Morgan fingerprint density at radius 3 is 2.67 bits per heavy atom. The van der Waals surface area contributed by atoms with Crippen LogP contribution in [0.3, 0.4) is 0 Å². The molecule has 134 valence electrons. The fourth-order valence-electron chi connectivity index (χ4n) is 3.49. The van der Waals surface area contributed by atoms with Gasteiger partial charge in [0.1, 0.15) is 5.76 Å². The van der Waals surface area contributed by atoms with Gasteiger partial charge in [-0.3, -0.25) is 4.79 Å². The first-order valence-corrected chi connectivity index (χ1v) is 10.2. The first kappa shape index (κ1) is 17.4. The highest BCUT2D eigenvalue weighted by Crippen LogP contribution is 2.23. The number of sulfone groups is 1. The van der Waals surface area contributed by atoms with Gasteiger partial charge in [0, 0.05) is 24.8 Å². The number of carbonyl (C=O) groups excluding carboxylic acids is 1. The summed E-state index contributed by atoms with van der Waals surface area (Å²) in [5.74, 6) is 0.754. The summed E-state index contributed by atoms with van der Waals surface area (Å²) in [6.07, 6.45) is 2.59. The van der Waals surface area contributed by atoms with Crippen molar-refractivity contribution in [1.82, 2.24) is 10.1 Å². The number of aryl methyl sites for hydroxylation is 2. The third kappa shape index (κ3) is 3.80. The number of aromatic nitrogens is 1. The number of carbonyl (C=O) groups is 1. The molecule has 0 aromatic carbocycles. The molecule has 0 unspecified atom stereocenters. The van der Waals surface area contributed by atoms with E-state index in [4.69, 9.17) is 9.26 Å². The summed E-state index contributed by atoms with van der Waals surface area (Å²) in [6.45, 7) is 4.76. The zero-order chi connectivity index (χ0) is 17.3. The zero-order valence-corrected chi connectivity index (χ0v) is 15.0. The van der Waals surface area contributed by atoms with Crippen LogP contribution in [0.25, 0.3) is 0 Å².